The van der Waals surface area contributed by atoms with Gasteiger partial charge in [0.15, 0.2) is 0 Å². The maximum absolute atomic E-state index is 11.9. The topological polar surface area (TPSA) is 66.4 Å². The van der Waals surface area contributed by atoms with Crippen LogP contribution in [-0.2, 0) is 16.6 Å². The zero-order chi connectivity index (χ0) is 16.2. The van der Waals surface area contributed by atoms with Crippen LogP contribution in [0, 0.1) is 0 Å². The lowest BCUT2D eigenvalue weighted by atomic mass is 10.1. The van der Waals surface area contributed by atoms with E-state index in [9.17, 15) is 9.59 Å². The van der Waals surface area contributed by atoms with Gasteiger partial charge < -0.3 is 15.2 Å². The van der Waals surface area contributed by atoms with Gasteiger partial charge in [-0.1, -0.05) is 0 Å². The van der Waals surface area contributed by atoms with E-state index < -0.39 is 17.4 Å². The number of hydrogen-bond donors (Lipinski definition) is 2. The Morgan fingerprint density at radius 3 is 2.33 bits per heavy atom. The van der Waals surface area contributed by atoms with Gasteiger partial charge in [0, 0.05) is 31.0 Å². The third-order valence-corrected chi connectivity index (χ3v) is 3.10. The molecule has 0 spiro atoms. The molecule has 6 nitrogen and oxygen atoms in total. The van der Waals surface area contributed by atoms with Gasteiger partial charge in [-0.3, -0.25) is 14.5 Å². The van der Waals surface area contributed by atoms with Gasteiger partial charge in [-0.25, -0.2) is 0 Å². The van der Waals surface area contributed by atoms with Crippen molar-refractivity contribution in [2.24, 2.45) is 7.05 Å². The van der Waals surface area contributed by atoms with Crippen molar-refractivity contribution in [3.63, 3.8) is 0 Å². The van der Waals surface area contributed by atoms with Crippen LogP contribution in [0.25, 0.3) is 0 Å². The van der Waals surface area contributed by atoms with E-state index in [0.717, 1.165) is 5.69 Å². The van der Waals surface area contributed by atoms with Crippen LogP contribution in [0.4, 0.5) is 0 Å². The molecule has 0 aliphatic heterocycles. The van der Waals surface area contributed by atoms with E-state index in [2.05, 4.69) is 10.6 Å². The number of nitrogens with one attached hydrogen (secondary N) is 2. The lowest BCUT2D eigenvalue weighted by Gasteiger charge is -2.26. The zero-order valence-electron chi connectivity index (χ0n) is 13.7. The molecule has 1 atom stereocenters. The fourth-order valence-corrected chi connectivity index (χ4v) is 2.04. The second kappa shape index (κ2) is 6.76. The van der Waals surface area contributed by atoms with Crippen LogP contribution in [0.2, 0.25) is 0 Å². The minimum atomic E-state index is -0.606. The first-order chi connectivity index (χ1) is 9.61. The Hall–Kier alpha value is -1.82. The summed E-state index contributed by atoms with van der Waals surface area (Å²) in [4.78, 5) is 25.6. The van der Waals surface area contributed by atoms with Crippen molar-refractivity contribution < 1.29 is 9.59 Å². The number of hydrogen-bond acceptors (Lipinski definition) is 3. The number of carbonyl (C=O) groups excluding carboxylic acids is 2. The van der Waals surface area contributed by atoms with Crippen molar-refractivity contribution in [3.8, 4) is 0 Å². The van der Waals surface area contributed by atoms with Crippen LogP contribution < -0.4 is 10.6 Å². The SMILES string of the molecule is CN(C)C(CNC(=O)C(=O)NC(C)(C)C)c1cccn1C. The summed E-state index contributed by atoms with van der Waals surface area (Å²) >= 11 is 0. The van der Waals surface area contributed by atoms with Crippen LogP contribution in [0.1, 0.15) is 32.5 Å². The molecular weight excluding hydrogens is 268 g/mol. The highest BCUT2D eigenvalue weighted by Crippen LogP contribution is 2.17. The highest BCUT2D eigenvalue weighted by atomic mass is 16.2. The molecule has 21 heavy (non-hydrogen) atoms. The first kappa shape index (κ1) is 17.2. The standard InChI is InChI=1S/C15H26N4O2/c1-15(2,3)17-14(21)13(20)16-10-12(18(4)5)11-8-7-9-19(11)6/h7-9,12H,10H2,1-6H3,(H,16,20)(H,17,21). The summed E-state index contributed by atoms with van der Waals surface area (Å²) in [7, 11) is 5.85. The molecule has 1 unspecified atom stereocenters. The predicted octanol–water partition coefficient (Wildman–Crippen LogP) is 0.659. The molecule has 0 aromatic carbocycles. The molecule has 2 amide bonds. The Balaban J connectivity index is 2.65. The number of carbonyl (C=O) groups is 2. The smallest absolute Gasteiger partial charge is 0.309 e. The number of aromatic nitrogens is 1. The Kier molecular flexibility index (Phi) is 5.54. The van der Waals surface area contributed by atoms with Gasteiger partial charge >= 0.3 is 11.8 Å². The zero-order valence-corrected chi connectivity index (χ0v) is 13.7. The largest absolute Gasteiger partial charge is 0.353 e. The van der Waals surface area contributed by atoms with Crippen molar-refractivity contribution >= 4 is 11.8 Å². The molecule has 0 saturated carbocycles. The molecule has 0 radical (unpaired) electrons. The number of aryl methyl sites for hydroxylation is 1. The van der Waals surface area contributed by atoms with Crippen LogP contribution >= 0.6 is 0 Å². The molecule has 0 fully saturated rings. The summed E-state index contributed by atoms with van der Waals surface area (Å²) in [5.41, 5.74) is 0.657. The first-order valence-corrected chi connectivity index (χ1v) is 7.00. The maximum atomic E-state index is 11.9. The number of amides is 2. The molecule has 1 heterocycles. The molecule has 2 N–H and O–H groups in total. The molecule has 1 aromatic heterocycles. The molecule has 0 bridgehead atoms. The Morgan fingerprint density at radius 2 is 1.90 bits per heavy atom. The summed E-state index contributed by atoms with van der Waals surface area (Å²) in [5, 5.41) is 5.34. The van der Waals surface area contributed by atoms with Crippen molar-refractivity contribution in [2.75, 3.05) is 20.6 Å². The lowest BCUT2D eigenvalue weighted by molar-refractivity contribution is -0.140. The second-order valence-electron chi connectivity index (χ2n) is 6.44. The number of rotatable bonds is 4. The number of nitrogens with zero attached hydrogens (tertiary/aromatic N) is 2. The van der Waals surface area contributed by atoms with Gasteiger partial charge in [0.2, 0.25) is 0 Å². The van der Waals surface area contributed by atoms with Gasteiger partial charge in [-0.05, 0) is 47.0 Å². The molecular formula is C15H26N4O2. The highest BCUT2D eigenvalue weighted by Gasteiger charge is 2.22. The normalized spacial score (nSPS) is 13.1. The van der Waals surface area contributed by atoms with Gasteiger partial charge in [0.1, 0.15) is 0 Å². The van der Waals surface area contributed by atoms with E-state index in [1.807, 2.05) is 69.7 Å². The van der Waals surface area contributed by atoms with E-state index in [0.29, 0.717) is 6.54 Å². The molecule has 0 aliphatic rings. The molecule has 1 rings (SSSR count). The minimum Gasteiger partial charge on any atom is -0.353 e. The Morgan fingerprint density at radius 1 is 1.29 bits per heavy atom. The first-order valence-electron chi connectivity index (χ1n) is 7.00. The molecule has 0 aliphatic carbocycles. The van der Waals surface area contributed by atoms with Crippen molar-refractivity contribution in [1.82, 2.24) is 20.1 Å². The van der Waals surface area contributed by atoms with E-state index in [-0.39, 0.29) is 6.04 Å². The minimum absolute atomic E-state index is 0.0105. The quantitative estimate of drug-likeness (QED) is 0.802. The highest BCUT2D eigenvalue weighted by molar-refractivity contribution is 6.35. The van der Waals surface area contributed by atoms with Crippen molar-refractivity contribution in [1.29, 1.82) is 0 Å². The van der Waals surface area contributed by atoms with Crippen LogP contribution in [0.3, 0.4) is 0 Å². The monoisotopic (exact) mass is 294 g/mol. The lowest BCUT2D eigenvalue weighted by Crippen LogP contribution is -2.49. The summed E-state index contributed by atoms with van der Waals surface area (Å²) < 4.78 is 2.01. The average Bonchev–Trinajstić information content (AvgIpc) is 2.73. The van der Waals surface area contributed by atoms with E-state index in [1.165, 1.54) is 0 Å². The summed E-state index contributed by atoms with van der Waals surface area (Å²) in [5.74, 6) is -1.21. The van der Waals surface area contributed by atoms with Gasteiger partial charge in [0.05, 0.1) is 6.04 Å². The van der Waals surface area contributed by atoms with Gasteiger partial charge in [-0.2, -0.15) is 0 Å². The Labute approximate surface area is 126 Å². The summed E-state index contributed by atoms with van der Waals surface area (Å²) in [6.45, 7) is 5.89. The van der Waals surface area contributed by atoms with Gasteiger partial charge in [-0.15, -0.1) is 0 Å². The third-order valence-electron chi connectivity index (χ3n) is 3.10. The average molecular weight is 294 g/mol. The Bertz CT molecular complexity index is 500. The summed E-state index contributed by atoms with van der Waals surface area (Å²) in [6.07, 6.45) is 1.96. The molecule has 6 heteroatoms. The van der Waals surface area contributed by atoms with Crippen LogP contribution in [-0.4, -0.2) is 47.5 Å². The fraction of sp³-hybridized carbons (Fsp3) is 0.600. The fourth-order valence-electron chi connectivity index (χ4n) is 2.04. The number of likely N-dealkylation sites (N-methyl/N-ethyl adjacent to an activating group) is 1. The predicted molar refractivity (Wildman–Crippen MR) is 82.7 cm³/mol. The van der Waals surface area contributed by atoms with Crippen molar-refractivity contribution in [3.05, 3.63) is 24.0 Å². The van der Waals surface area contributed by atoms with E-state index in [4.69, 9.17) is 0 Å². The van der Waals surface area contributed by atoms with E-state index in [1.54, 1.807) is 0 Å². The maximum Gasteiger partial charge on any atom is 0.309 e. The molecule has 0 saturated heterocycles. The summed E-state index contributed by atoms with van der Waals surface area (Å²) in [6, 6.07) is 3.97. The van der Waals surface area contributed by atoms with E-state index >= 15 is 0 Å². The molecule has 1 aromatic rings. The van der Waals surface area contributed by atoms with Crippen LogP contribution in [0.5, 0.6) is 0 Å². The molecule has 118 valence electrons. The second-order valence-corrected chi connectivity index (χ2v) is 6.44. The van der Waals surface area contributed by atoms with Gasteiger partial charge in [0.25, 0.3) is 0 Å². The third kappa shape index (κ3) is 5.23. The van der Waals surface area contributed by atoms with Crippen molar-refractivity contribution in [2.45, 2.75) is 32.4 Å². The van der Waals surface area contributed by atoms with Crippen LogP contribution in [0.15, 0.2) is 18.3 Å².